The molecule has 0 aliphatic rings. The van der Waals surface area contributed by atoms with E-state index in [-0.39, 0.29) is 39.6 Å². The normalized spacial score (nSPS) is 7.25. The molecule has 0 aliphatic carbocycles. The van der Waals surface area contributed by atoms with Crippen LogP contribution in [0.3, 0.4) is 0 Å². The molecule has 0 aromatic heterocycles. The quantitative estimate of drug-likeness (QED) is 0.320. The molecule has 0 heterocycles. The molecule has 0 spiro atoms. The van der Waals surface area contributed by atoms with Crippen molar-refractivity contribution in [2.75, 3.05) is 0 Å². The average Bonchev–Trinajstić information content (AvgIpc) is 0.722. The Morgan fingerprint density at radius 2 is 1.00 bits per heavy atom. The Morgan fingerprint density at radius 3 is 1.00 bits per heavy atom. The molecule has 0 saturated heterocycles. The van der Waals surface area contributed by atoms with Crippen molar-refractivity contribution in [3.05, 3.63) is 0 Å². The van der Waals surface area contributed by atoms with Crippen LogP contribution in [0.25, 0.3) is 0 Å². The summed E-state index contributed by atoms with van der Waals surface area (Å²) in [5.41, 5.74) is 0. The van der Waals surface area contributed by atoms with Crippen LogP contribution in [0.15, 0.2) is 0 Å². The fourth-order valence-corrected chi connectivity index (χ4v) is 0. The van der Waals surface area contributed by atoms with Crippen LogP contribution in [0.2, 0.25) is 0 Å². The summed E-state index contributed by atoms with van der Waals surface area (Å²) < 4.78 is 31.6. The van der Waals surface area contributed by atoms with E-state index >= 15 is 0 Å². The van der Waals surface area contributed by atoms with Gasteiger partial charge in [-0.1, -0.05) is 0 Å². The summed E-state index contributed by atoms with van der Waals surface area (Å²) in [6.45, 7) is 0. The Bertz CT molecular complexity index is 97.2. The van der Waals surface area contributed by atoms with E-state index in [2.05, 4.69) is 0 Å². The number of hydrogen-bond donors (Lipinski definition) is 4. The van der Waals surface area contributed by atoms with Gasteiger partial charge in [0.05, 0.1) is 0 Å². The molecule has 2 radical (unpaired) electrons. The second-order valence-corrected chi connectivity index (χ2v) is 1.34. The molecular formula is H10N2O4PbS. The molecule has 8 heavy (non-hydrogen) atoms. The van der Waals surface area contributed by atoms with Crippen molar-refractivity contribution in [3.8, 4) is 0 Å². The van der Waals surface area contributed by atoms with Gasteiger partial charge in [0.15, 0.2) is 0 Å². The van der Waals surface area contributed by atoms with E-state index < -0.39 is 10.4 Å². The molecule has 0 aliphatic heterocycles. The van der Waals surface area contributed by atoms with Crippen molar-refractivity contribution in [2.24, 2.45) is 0 Å². The molecule has 54 valence electrons. The minimum absolute atomic E-state index is 0. The summed E-state index contributed by atoms with van der Waals surface area (Å²) in [7, 11) is -4.67. The Balaban J connectivity index is -0.0000000267. The van der Waals surface area contributed by atoms with Crippen LogP contribution in [-0.4, -0.2) is 44.8 Å². The van der Waals surface area contributed by atoms with Gasteiger partial charge >= 0.3 is 37.7 Å². The van der Waals surface area contributed by atoms with Crippen molar-refractivity contribution in [1.29, 1.82) is 0 Å². The SMILES string of the molecule is N.N.O=S(=O)(O)O.[PbH2]. The van der Waals surface area contributed by atoms with Crippen LogP contribution < -0.4 is 12.3 Å². The van der Waals surface area contributed by atoms with Crippen molar-refractivity contribution >= 4 is 37.7 Å². The summed E-state index contributed by atoms with van der Waals surface area (Å²) in [5, 5.41) is 0. The van der Waals surface area contributed by atoms with Gasteiger partial charge in [-0.05, 0) is 0 Å². The van der Waals surface area contributed by atoms with E-state index in [0.717, 1.165) is 0 Å². The zero-order valence-electron chi connectivity index (χ0n) is 4.24. The van der Waals surface area contributed by atoms with Crippen LogP contribution >= 0.6 is 0 Å². The van der Waals surface area contributed by atoms with Gasteiger partial charge in [0.1, 0.15) is 0 Å². The monoisotopic (exact) mass is 342 g/mol. The molecule has 0 amide bonds. The molecule has 0 atom stereocenters. The van der Waals surface area contributed by atoms with E-state index in [4.69, 9.17) is 17.5 Å². The first kappa shape index (κ1) is 23.3. The minimum atomic E-state index is -4.67. The van der Waals surface area contributed by atoms with Gasteiger partial charge in [-0.2, -0.15) is 8.42 Å². The predicted octanol–water partition coefficient (Wildman–Crippen LogP) is -1.25. The summed E-state index contributed by atoms with van der Waals surface area (Å²) in [4.78, 5) is 0. The van der Waals surface area contributed by atoms with Crippen LogP contribution in [0.4, 0.5) is 0 Å². The molecule has 0 saturated carbocycles. The number of rotatable bonds is 0. The van der Waals surface area contributed by atoms with Crippen molar-refractivity contribution in [2.45, 2.75) is 0 Å². The molecule has 8 N–H and O–H groups in total. The van der Waals surface area contributed by atoms with Gasteiger partial charge < -0.3 is 12.3 Å². The van der Waals surface area contributed by atoms with Gasteiger partial charge in [0.2, 0.25) is 0 Å². The molecule has 8 heteroatoms. The second-order valence-electron chi connectivity index (χ2n) is 0.448. The van der Waals surface area contributed by atoms with Gasteiger partial charge in [-0.15, -0.1) is 0 Å². The van der Waals surface area contributed by atoms with Crippen LogP contribution in [0.1, 0.15) is 0 Å². The van der Waals surface area contributed by atoms with E-state index in [1.54, 1.807) is 0 Å². The zero-order valence-corrected chi connectivity index (χ0v) is 10.6. The predicted molar refractivity (Wildman–Crippen MR) is 32.8 cm³/mol. The number of hydrogen-bond acceptors (Lipinski definition) is 4. The molecule has 0 aromatic rings. The maximum absolute atomic E-state index is 8.74. The van der Waals surface area contributed by atoms with Gasteiger partial charge in [0, 0.05) is 0 Å². The molecule has 0 bridgehead atoms. The Labute approximate surface area is 67.6 Å². The van der Waals surface area contributed by atoms with E-state index in [1.807, 2.05) is 0 Å². The first-order chi connectivity index (χ1) is 2.00. The third-order valence-electron chi connectivity index (χ3n) is 0. The first-order valence-corrected chi connectivity index (χ1v) is 2.10. The fraction of sp³-hybridized carbons (Fsp3) is 0. The molecule has 6 nitrogen and oxygen atoms in total. The van der Waals surface area contributed by atoms with Crippen LogP contribution in [0, 0.1) is 0 Å². The Morgan fingerprint density at radius 1 is 1.00 bits per heavy atom. The molecule has 0 aromatic carbocycles. The topological polar surface area (TPSA) is 145 Å². The Kier molecular flexibility index (Phi) is 22.5. The summed E-state index contributed by atoms with van der Waals surface area (Å²) >= 11 is 0. The Hall–Kier alpha value is 0.712. The standard InChI is InChI=1S/2H3N.H2O4S.Pb.2H/c;;1-5(2,3)4;;;/h2*1H3;(H2,1,2,3,4);;;. The van der Waals surface area contributed by atoms with Crippen LogP contribution in [-0.2, 0) is 10.4 Å². The summed E-state index contributed by atoms with van der Waals surface area (Å²) in [5.74, 6) is 0. The van der Waals surface area contributed by atoms with Gasteiger partial charge in [-0.25, -0.2) is 0 Å². The van der Waals surface area contributed by atoms with Gasteiger partial charge in [0.25, 0.3) is 0 Å². The fourth-order valence-electron chi connectivity index (χ4n) is 0. The van der Waals surface area contributed by atoms with Gasteiger partial charge in [-0.3, -0.25) is 9.11 Å². The second kappa shape index (κ2) is 7.71. The molecular weight excluding hydrogens is 331 g/mol. The van der Waals surface area contributed by atoms with Crippen molar-refractivity contribution in [1.82, 2.24) is 12.3 Å². The third-order valence-corrected chi connectivity index (χ3v) is 0. The van der Waals surface area contributed by atoms with Crippen LogP contribution in [0.5, 0.6) is 0 Å². The zero-order chi connectivity index (χ0) is 4.50. The van der Waals surface area contributed by atoms with Crippen molar-refractivity contribution in [3.63, 3.8) is 0 Å². The first-order valence-electron chi connectivity index (χ1n) is 0.698. The summed E-state index contributed by atoms with van der Waals surface area (Å²) in [6, 6.07) is 0. The molecule has 0 rings (SSSR count). The maximum atomic E-state index is 8.74. The van der Waals surface area contributed by atoms with Crippen molar-refractivity contribution < 1.29 is 17.5 Å². The van der Waals surface area contributed by atoms with E-state index in [9.17, 15) is 0 Å². The molecule has 0 unspecified atom stereocenters. The summed E-state index contributed by atoms with van der Waals surface area (Å²) in [6.07, 6.45) is 0. The van der Waals surface area contributed by atoms with E-state index in [1.165, 1.54) is 0 Å². The van der Waals surface area contributed by atoms with E-state index in [0.29, 0.717) is 0 Å². The third kappa shape index (κ3) is 432. The average molecular weight is 341 g/mol. The molecule has 0 fully saturated rings.